The van der Waals surface area contributed by atoms with Crippen molar-refractivity contribution in [3.05, 3.63) is 42.2 Å². The van der Waals surface area contributed by atoms with E-state index < -0.39 is 10.0 Å². The molecular weight excluding hydrogens is 389 g/mol. The molecule has 1 aliphatic rings. The maximum absolute atomic E-state index is 13.4. The van der Waals surface area contributed by atoms with Crippen LogP contribution in [0.1, 0.15) is 12.8 Å². The van der Waals surface area contributed by atoms with Crippen LogP contribution in [0.3, 0.4) is 0 Å². The van der Waals surface area contributed by atoms with Gasteiger partial charge < -0.3 is 4.90 Å². The number of halogens is 1. The fraction of sp³-hybridized carbons (Fsp3) is 0.389. The predicted molar refractivity (Wildman–Crippen MR) is 106 cm³/mol. The van der Waals surface area contributed by atoms with Crippen molar-refractivity contribution in [1.82, 2.24) is 9.21 Å². The van der Waals surface area contributed by atoms with Crippen LogP contribution in [0.15, 0.2) is 36.4 Å². The minimum atomic E-state index is -3.18. The number of hydrogen-bond donors (Lipinski definition) is 1. The fourth-order valence-electron chi connectivity index (χ4n) is 3.12. The van der Waals surface area contributed by atoms with Gasteiger partial charge in [-0.05, 0) is 42.7 Å². The third-order valence-electron chi connectivity index (χ3n) is 4.71. The lowest BCUT2D eigenvalue weighted by atomic mass is 10.1. The van der Waals surface area contributed by atoms with Crippen LogP contribution in [-0.2, 0) is 10.0 Å². The molecule has 1 aromatic heterocycles. The number of amides is 2. The molecule has 2 amide bonds. The van der Waals surface area contributed by atoms with Crippen LogP contribution in [0.5, 0.6) is 0 Å². The van der Waals surface area contributed by atoms with E-state index in [0.29, 0.717) is 30.9 Å². The molecule has 1 aliphatic heterocycles. The Bertz CT molecular complexity index is 921. The van der Waals surface area contributed by atoms with E-state index >= 15 is 0 Å². The molecule has 0 spiro atoms. The standard InChI is InChI=1S/C18H22FN3O3S2/c1-21(15-8-10-22(11-9-15)27(2,24)25)18(23)20-17-7-6-16(26-17)13-4-3-5-14(19)12-13/h3-7,12,15H,8-11H2,1-2H3,(H,20,23). The Hall–Kier alpha value is -1.97. The molecule has 1 saturated heterocycles. The van der Waals surface area contributed by atoms with E-state index in [-0.39, 0.29) is 17.9 Å². The highest BCUT2D eigenvalue weighted by Crippen LogP contribution is 2.32. The van der Waals surface area contributed by atoms with Crippen LogP contribution in [0.25, 0.3) is 10.4 Å². The van der Waals surface area contributed by atoms with Crippen molar-refractivity contribution >= 4 is 32.4 Å². The summed E-state index contributed by atoms with van der Waals surface area (Å²) in [5, 5.41) is 3.55. The third-order valence-corrected chi connectivity index (χ3v) is 7.06. The fourth-order valence-corrected chi connectivity index (χ4v) is 4.89. The van der Waals surface area contributed by atoms with E-state index in [1.165, 1.54) is 34.0 Å². The lowest BCUT2D eigenvalue weighted by molar-refractivity contribution is 0.174. The summed E-state index contributed by atoms with van der Waals surface area (Å²) < 4.78 is 38.0. The van der Waals surface area contributed by atoms with Crippen LogP contribution in [0.4, 0.5) is 14.2 Å². The molecule has 146 valence electrons. The second-order valence-electron chi connectivity index (χ2n) is 6.61. The number of piperidine rings is 1. The molecule has 0 radical (unpaired) electrons. The predicted octanol–water partition coefficient (Wildman–Crippen LogP) is 3.44. The number of urea groups is 1. The molecule has 1 fully saturated rings. The summed E-state index contributed by atoms with van der Waals surface area (Å²) in [7, 11) is -1.46. The van der Waals surface area contributed by atoms with Crippen molar-refractivity contribution in [1.29, 1.82) is 0 Å². The monoisotopic (exact) mass is 411 g/mol. The van der Waals surface area contributed by atoms with Crippen molar-refractivity contribution in [2.24, 2.45) is 0 Å². The molecule has 0 saturated carbocycles. The average Bonchev–Trinajstić information content (AvgIpc) is 3.09. The molecule has 2 heterocycles. The summed E-state index contributed by atoms with van der Waals surface area (Å²) in [6.07, 6.45) is 2.42. The van der Waals surface area contributed by atoms with Gasteiger partial charge in [0.15, 0.2) is 0 Å². The molecule has 1 N–H and O–H groups in total. The molecule has 0 unspecified atom stereocenters. The summed E-state index contributed by atoms with van der Waals surface area (Å²) in [5.74, 6) is -0.299. The number of thiophene rings is 1. The van der Waals surface area contributed by atoms with Gasteiger partial charge >= 0.3 is 6.03 Å². The van der Waals surface area contributed by atoms with E-state index in [9.17, 15) is 17.6 Å². The van der Waals surface area contributed by atoms with Gasteiger partial charge in [0, 0.05) is 31.1 Å². The zero-order chi connectivity index (χ0) is 19.6. The molecule has 0 atom stereocenters. The summed E-state index contributed by atoms with van der Waals surface area (Å²) in [6, 6.07) is 9.72. The summed E-state index contributed by atoms with van der Waals surface area (Å²) in [5.41, 5.74) is 0.766. The molecule has 9 heteroatoms. The summed E-state index contributed by atoms with van der Waals surface area (Å²) in [4.78, 5) is 15.0. The topological polar surface area (TPSA) is 69.7 Å². The number of hydrogen-bond acceptors (Lipinski definition) is 4. The van der Waals surface area contributed by atoms with Crippen molar-refractivity contribution < 1.29 is 17.6 Å². The van der Waals surface area contributed by atoms with E-state index in [0.717, 1.165) is 10.4 Å². The van der Waals surface area contributed by atoms with Crippen LogP contribution < -0.4 is 5.32 Å². The SMILES string of the molecule is CN(C(=O)Nc1ccc(-c2cccc(F)c2)s1)C1CCN(S(C)(=O)=O)CC1. The van der Waals surface area contributed by atoms with Crippen LogP contribution in [0.2, 0.25) is 0 Å². The molecule has 0 bridgehead atoms. The van der Waals surface area contributed by atoms with Crippen LogP contribution in [-0.4, -0.2) is 56.1 Å². The van der Waals surface area contributed by atoms with E-state index in [1.54, 1.807) is 24.1 Å². The Morgan fingerprint density at radius 3 is 2.59 bits per heavy atom. The highest BCUT2D eigenvalue weighted by atomic mass is 32.2. The molecule has 2 aromatic rings. The van der Waals surface area contributed by atoms with Crippen LogP contribution >= 0.6 is 11.3 Å². The molecular formula is C18H22FN3O3S2. The first-order valence-corrected chi connectivity index (χ1v) is 11.3. The second kappa shape index (κ2) is 7.95. The van der Waals surface area contributed by atoms with Gasteiger partial charge in [-0.15, -0.1) is 11.3 Å². The lowest BCUT2D eigenvalue weighted by Crippen LogP contribution is -2.48. The van der Waals surface area contributed by atoms with Gasteiger partial charge in [-0.2, -0.15) is 0 Å². The van der Waals surface area contributed by atoms with E-state index in [1.807, 2.05) is 12.1 Å². The average molecular weight is 412 g/mol. The lowest BCUT2D eigenvalue weighted by Gasteiger charge is -2.35. The maximum atomic E-state index is 13.4. The largest absolute Gasteiger partial charge is 0.324 e. The Kier molecular flexibility index (Phi) is 5.83. The highest BCUT2D eigenvalue weighted by molar-refractivity contribution is 7.88. The Labute approximate surface area is 162 Å². The van der Waals surface area contributed by atoms with E-state index in [2.05, 4.69) is 5.32 Å². The molecule has 6 nitrogen and oxygen atoms in total. The van der Waals surface area contributed by atoms with Crippen molar-refractivity contribution in [2.75, 3.05) is 31.7 Å². The Balaban J connectivity index is 1.59. The number of anilines is 1. The van der Waals surface area contributed by atoms with E-state index in [4.69, 9.17) is 0 Å². The number of carbonyl (C=O) groups excluding carboxylic acids is 1. The first-order chi connectivity index (χ1) is 12.7. The Morgan fingerprint density at radius 2 is 1.96 bits per heavy atom. The van der Waals surface area contributed by atoms with Gasteiger partial charge in [0.05, 0.1) is 11.3 Å². The molecule has 3 rings (SSSR count). The summed E-state index contributed by atoms with van der Waals surface area (Å²) >= 11 is 1.38. The molecule has 27 heavy (non-hydrogen) atoms. The number of nitrogens with zero attached hydrogens (tertiary/aromatic N) is 2. The Morgan fingerprint density at radius 1 is 1.26 bits per heavy atom. The second-order valence-corrected chi connectivity index (χ2v) is 9.67. The van der Waals surface area contributed by atoms with Crippen molar-refractivity contribution in [2.45, 2.75) is 18.9 Å². The number of rotatable bonds is 4. The molecule has 1 aromatic carbocycles. The minimum Gasteiger partial charge on any atom is -0.324 e. The van der Waals surface area contributed by atoms with Crippen LogP contribution in [0, 0.1) is 5.82 Å². The van der Waals surface area contributed by atoms with Gasteiger partial charge in [-0.3, -0.25) is 5.32 Å². The highest BCUT2D eigenvalue weighted by Gasteiger charge is 2.29. The number of carbonyl (C=O) groups is 1. The molecule has 0 aliphatic carbocycles. The number of benzene rings is 1. The first-order valence-electron chi connectivity index (χ1n) is 8.59. The van der Waals surface area contributed by atoms with Crippen molar-refractivity contribution in [3.8, 4) is 10.4 Å². The number of sulfonamides is 1. The smallest absolute Gasteiger partial charge is 0.322 e. The maximum Gasteiger partial charge on any atom is 0.322 e. The van der Waals surface area contributed by atoms with Gasteiger partial charge in [-0.1, -0.05) is 12.1 Å². The zero-order valence-electron chi connectivity index (χ0n) is 15.2. The van der Waals surface area contributed by atoms with Gasteiger partial charge in [0.2, 0.25) is 10.0 Å². The minimum absolute atomic E-state index is 0.00866. The zero-order valence-corrected chi connectivity index (χ0v) is 16.8. The van der Waals surface area contributed by atoms with Gasteiger partial charge in [0.25, 0.3) is 0 Å². The first kappa shape index (κ1) is 19.8. The quantitative estimate of drug-likeness (QED) is 0.838. The third kappa shape index (κ3) is 4.85. The number of nitrogens with one attached hydrogen (secondary N) is 1. The summed E-state index contributed by atoms with van der Waals surface area (Å²) in [6.45, 7) is 0.841. The normalized spacial score (nSPS) is 16.3. The van der Waals surface area contributed by atoms with Crippen molar-refractivity contribution in [3.63, 3.8) is 0 Å². The van der Waals surface area contributed by atoms with Gasteiger partial charge in [0.1, 0.15) is 5.82 Å². The van der Waals surface area contributed by atoms with Gasteiger partial charge in [-0.25, -0.2) is 21.9 Å².